The van der Waals surface area contributed by atoms with Crippen LogP contribution in [0.15, 0.2) is 54.6 Å². The maximum absolute atomic E-state index is 13.3. The second kappa shape index (κ2) is 7.35. The van der Waals surface area contributed by atoms with E-state index in [1.807, 2.05) is 35.2 Å². The van der Waals surface area contributed by atoms with E-state index >= 15 is 0 Å². The number of rotatable bonds is 3. The van der Waals surface area contributed by atoms with Gasteiger partial charge < -0.3 is 4.90 Å². The quantitative estimate of drug-likeness (QED) is 0.742. The minimum absolute atomic E-state index is 0.0278. The molecule has 2 aromatic carbocycles. The molecule has 4 rings (SSSR count). The van der Waals surface area contributed by atoms with E-state index in [1.54, 1.807) is 13.0 Å². The summed E-state index contributed by atoms with van der Waals surface area (Å²) >= 11 is 0. The summed E-state index contributed by atoms with van der Waals surface area (Å²) in [7, 11) is 0. The third kappa shape index (κ3) is 3.63. The van der Waals surface area contributed by atoms with Crippen molar-refractivity contribution in [3.05, 3.63) is 77.2 Å². The van der Waals surface area contributed by atoms with Crippen LogP contribution >= 0.6 is 0 Å². The number of carbonyl (C=O) groups excluding carboxylic acids is 1. The predicted molar refractivity (Wildman–Crippen MR) is 103 cm³/mol. The van der Waals surface area contributed by atoms with Crippen LogP contribution < -0.4 is 0 Å². The summed E-state index contributed by atoms with van der Waals surface area (Å²) < 4.78 is 13.3. The summed E-state index contributed by atoms with van der Waals surface area (Å²) in [5.74, 6) is -0.111. The fourth-order valence-corrected chi connectivity index (χ4v) is 3.76. The number of carbonyl (C=O) groups is 1. The molecule has 0 bridgehead atoms. The Balaban J connectivity index is 1.51. The predicted octanol–water partition coefficient (Wildman–Crippen LogP) is 4.54. The monoisotopic (exact) mass is 363 g/mol. The number of nitrogens with zero attached hydrogens (tertiary/aromatic N) is 2. The second-order valence-corrected chi connectivity index (χ2v) is 7.12. The molecule has 0 spiro atoms. The van der Waals surface area contributed by atoms with E-state index in [0.29, 0.717) is 17.7 Å². The van der Waals surface area contributed by atoms with Gasteiger partial charge in [0.25, 0.3) is 5.91 Å². The fourth-order valence-electron chi connectivity index (χ4n) is 3.76. The molecule has 1 aromatic heterocycles. The van der Waals surface area contributed by atoms with Crippen LogP contribution in [0.2, 0.25) is 0 Å². The van der Waals surface area contributed by atoms with Crippen LogP contribution in [-0.4, -0.2) is 34.1 Å². The highest BCUT2D eigenvalue weighted by Crippen LogP contribution is 2.29. The summed E-state index contributed by atoms with van der Waals surface area (Å²) in [5, 5.41) is 7.60. The molecule has 0 unspecified atom stereocenters. The van der Waals surface area contributed by atoms with E-state index < -0.39 is 0 Å². The Morgan fingerprint density at radius 1 is 1.19 bits per heavy atom. The number of nitrogens with one attached hydrogen (secondary N) is 1. The van der Waals surface area contributed by atoms with E-state index in [-0.39, 0.29) is 17.6 Å². The molecule has 0 saturated carbocycles. The average Bonchev–Trinajstić information content (AvgIpc) is 3.19. The Hall–Kier alpha value is -2.95. The zero-order valence-corrected chi connectivity index (χ0v) is 15.3. The Bertz CT molecular complexity index is 951. The number of amides is 1. The SMILES string of the molecule is Cc1cc(F)ccc1C(=O)N1CCC[C@H](c2cc(-c3ccccc3)n[nH]2)C1. The van der Waals surface area contributed by atoms with Crippen LogP contribution in [0, 0.1) is 12.7 Å². The number of aryl methyl sites for hydroxylation is 1. The topological polar surface area (TPSA) is 49.0 Å². The lowest BCUT2D eigenvalue weighted by atomic mass is 9.93. The normalized spacial score (nSPS) is 17.1. The Kier molecular flexibility index (Phi) is 4.75. The van der Waals surface area contributed by atoms with Crippen molar-refractivity contribution in [1.29, 1.82) is 0 Å². The highest BCUT2D eigenvalue weighted by molar-refractivity contribution is 5.95. The van der Waals surface area contributed by atoms with Gasteiger partial charge in [0.2, 0.25) is 0 Å². The molecule has 0 radical (unpaired) electrons. The molecule has 1 aliphatic rings. The van der Waals surface area contributed by atoms with Crippen molar-refractivity contribution < 1.29 is 9.18 Å². The van der Waals surface area contributed by atoms with Crippen LogP contribution in [0.3, 0.4) is 0 Å². The van der Waals surface area contributed by atoms with Crippen LogP contribution in [0.25, 0.3) is 11.3 Å². The van der Waals surface area contributed by atoms with E-state index in [0.717, 1.165) is 36.3 Å². The number of hydrogen-bond donors (Lipinski definition) is 1. The van der Waals surface area contributed by atoms with Gasteiger partial charge in [-0.25, -0.2) is 4.39 Å². The molecule has 2 heterocycles. The summed E-state index contributed by atoms with van der Waals surface area (Å²) in [6, 6.07) is 16.5. The first-order valence-electron chi connectivity index (χ1n) is 9.28. The molecular formula is C22H22FN3O. The molecule has 1 saturated heterocycles. The minimum Gasteiger partial charge on any atom is -0.338 e. The number of piperidine rings is 1. The largest absolute Gasteiger partial charge is 0.338 e. The number of aromatic amines is 1. The van der Waals surface area contributed by atoms with Gasteiger partial charge in [0, 0.05) is 35.8 Å². The van der Waals surface area contributed by atoms with Crippen molar-refractivity contribution in [2.45, 2.75) is 25.7 Å². The third-order valence-electron chi connectivity index (χ3n) is 5.23. The Labute approximate surface area is 158 Å². The minimum atomic E-state index is -0.313. The lowest BCUT2D eigenvalue weighted by Crippen LogP contribution is -2.39. The molecule has 3 aromatic rings. The number of halogens is 1. The maximum Gasteiger partial charge on any atom is 0.254 e. The summed E-state index contributed by atoms with van der Waals surface area (Å²) in [4.78, 5) is 14.8. The first kappa shape index (κ1) is 17.5. The van der Waals surface area contributed by atoms with Crippen LogP contribution in [0.5, 0.6) is 0 Å². The van der Waals surface area contributed by atoms with Gasteiger partial charge in [-0.3, -0.25) is 9.89 Å². The van der Waals surface area contributed by atoms with Gasteiger partial charge in [0.05, 0.1) is 5.69 Å². The molecule has 138 valence electrons. The van der Waals surface area contributed by atoms with Crippen molar-refractivity contribution in [3.63, 3.8) is 0 Å². The highest BCUT2D eigenvalue weighted by atomic mass is 19.1. The molecule has 1 aliphatic heterocycles. The van der Waals surface area contributed by atoms with Crippen molar-refractivity contribution in [3.8, 4) is 11.3 Å². The number of hydrogen-bond acceptors (Lipinski definition) is 2. The maximum atomic E-state index is 13.3. The van der Waals surface area contributed by atoms with Crippen LogP contribution in [0.4, 0.5) is 4.39 Å². The standard InChI is InChI=1S/C22H22FN3O/c1-15-12-18(23)9-10-19(15)22(27)26-11-5-8-17(14-26)21-13-20(24-25-21)16-6-3-2-4-7-16/h2-4,6-7,9-10,12-13,17H,5,8,11,14H2,1H3,(H,24,25)/t17-/m0/s1. The molecule has 5 heteroatoms. The zero-order valence-electron chi connectivity index (χ0n) is 15.3. The second-order valence-electron chi connectivity index (χ2n) is 7.12. The molecular weight excluding hydrogens is 341 g/mol. The van der Waals surface area contributed by atoms with Crippen molar-refractivity contribution >= 4 is 5.91 Å². The first-order chi connectivity index (χ1) is 13.1. The summed E-state index contributed by atoms with van der Waals surface area (Å²) in [5.41, 5.74) is 4.30. The van der Waals surface area contributed by atoms with Gasteiger partial charge in [-0.15, -0.1) is 0 Å². The van der Waals surface area contributed by atoms with Gasteiger partial charge in [0.15, 0.2) is 0 Å². The molecule has 4 nitrogen and oxygen atoms in total. The number of H-pyrrole nitrogens is 1. The Morgan fingerprint density at radius 2 is 2.00 bits per heavy atom. The zero-order chi connectivity index (χ0) is 18.8. The summed E-state index contributed by atoms with van der Waals surface area (Å²) in [6.07, 6.45) is 1.96. The van der Waals surface area contributed by atoms with E-state index in [4.69, 9.17) is 0 Å². The lowest BCUT2D eigenvalue weighted by Gasteiger charge is -2.32. The van der Waals surface area contributed by atoms with Crippen molar-refractivity contribution in [2.75, 3.05) is 13.1 Å². The van der Waals surface area contributed by atoms with Gasteiger partial charge in [-0.1, -0.05) is 30.3 Å². The van der Waals surface area contributed by atoms with E-state index in [9.17, 15) is 9.18 Å². The average molecular weight is 363 g/mol. The van der Waals surface area contributed by atoms with Gasteiger partial charge in [-0.05, 0) is 49.6 Å². The fraction of sp³-hybridized carbons (Fsp3) is 0.273. The molecule has 27 heavy (non-hydrogen) atoms. The molecule has 0 aliphatic carbocycles. The summed E-state index contributed by atoms with van der Waals surface area (Å²) in [6.45, 7) is 3.15. The van der Waals surface area contributed by atoms with Crippen molar-refractivity contribution in [2.24, 2.45) is 0 Å². The number of aromatic nitrogens is 2. The van der Waals surface area contributed by atoms with Crippen LogP contribution in [0.1, 0.15) is 40.4 Å². The molecule has 1 atom stereocenters. The van der Waals surface area contributed by atoms with E-state index in [2.05, 4.69) is 16.3 Å². The molecule has 1 N–H and O–H groups in total. The van der Waals surface area contributed by atoms with Crippen LogP contribution in [-0.2, 0) is 0 Å². The van der Waals surface area contributed by atoms with Gasteiger partial charge in [-0.2, -0.15) is 5.10 Å². The van der Waals surface area contributed by atoms with Crippen molar-refractivity contribution in [1.82, 2.24) is 15.1 Å². The molecule has 1 amide bonds. The van der Waals surface area contributed by atoms with Gasteiger partial charge >= 0.3 is 0 Å². The smallest absolute Gasteiger partial charge is 0.254 e. The number of benzene rings is 2. The first-order valence-corrected chi connectivity index (χ1v) is 9.28. The molecule has 1 fully saturated rings. The number of likely N-dealkylation sites (tertiary alicyclic amines) is 1. The third-order valence-corrected chi connectivity index (χ3v) is 5.23. The lowest BCUT2D eigenvalue weighted by molar-refractivity contribution is 0.0705. The highest BCUT2D eigenvalue weighted by Gasteiger charge is 2.27. The Morgan fingerprint density at radius 3 is 2.78 bits per heavy atom. The van der Waals surface area contributed by atoms with E-state index in [1.165, 1.54) is 12.1 Å². The van der Waals surface area contributed by atoms with Gasteiger partial charge in [0.1, 0.15) is 5.82 Å².